The minimum Gasteiger partial charge on any atom is -0.406 e. The first-order chi connectivity index (χ1) is 18.3. The van der Waals surface area contributed by atoms with E-state index in [1.165, 1.54) is 24.3 Å². The summed E-state index contributed by atoms with van der Waals surface area (Å²) in [4.78, 5) is 13.6. The largest absolute Gasteiger partial charge is 0.573 e. The average Bonchev–Trinajstić information content (AvgIpc) is 3.14. The monoisotopic (exact) mass is 555 g/mol. The van der Waals surface area contributed by atoms with Crippen LogP contribution in [0.1, 0.15) is 51.7 Å². The fourth-order valence-electron chi connectivity index (χ4n) is 4.97. The van der Waals surface area contributed by atoms with Crippen molar-refractivity contribution in [2.45, 2.75) is 95.9 Å². The maximum atomic E-state index is 14.4. The fraction of sp³-hybridized carbons (Fsp3) is 0.536. The molecule has 2 aromatic carbocycles. The van der Waals surface area contributed by atoms with Gasteiger partial charge in [-0.25, -0.2) is 4.39 Å². The summed E-state index contributed by atoms with van der Waals surface area (Å²) in [6.45, 7) is 6.88. The highest BCUT2D eigenvalue weighted by Gasteiger charge is 2.58. The number of carbonyl (C=O) groups excluding carboxylic acids is 1. The maximum Gasteiger partial charge on any atom is 0.573 e. The highest BCUT2D eigenvalue weighted by molar-refractivity contribution is 5.85. The van der Waals surface area contributed by atoms with E-state index in [1.807, 2.05) is 13.8 Å². The molecule has 11 heteroatoms. The van der Waals surface area contributed by atoms with Crippen molar-refractivity contribution < 1.29 is 46.0 Å². The van der Waals surface area contributed by atoms with Crippen LogP contribution in [0.4, 0.5) is 17.6 Å². The van der Waals surface area contributed by atoms with Crippen molar-refractivity contribution in [2.24, 2.45) is 0 Å². The summed E-state index contributed by atoms with van der Waals surface area (Å²) in [6.07, 6.45) is -6.50. The van der Waals surface area contributed by atoms with Gasteiger partial charge in [-0.05, 0) is 51.5 Å². The smallest absolute Gasteiger partial charge is 0.406 e. The minimum absolute atomic E-state index is 0.0549. The second kappa shape index (κ2) is 11.4. The van der Waals surface area contributed by atoms with Gasteiger partial charge in [0.05, 0.1) is 25.4 Å². The molecule has 4 atom stereocenters. The van der Waals surface area contributed by atoms with Crippen LogP contribution < -0.4 is 10.1 Å². The molecule has 214 valence electrons. The van der Waals surface area contributed by atoms with Crippen molar-refractivity contribution in [2.75, 3.05) is 0 Å². The first-order valence-corrected chi connectivity index (χ1v) is 12.8. The van der Waals surface area contributed by atoms with Crippen molar-refractivity contribution in [1.82, 2.24) is 5.32 Å². The van der Waals surface area contributed by atoms with E-state index in [9.17, 15) is 22.4 Å². The molecule has 1 aliphatic heterocycles. The SMILES string of the molecule is CC(C)NC(=O)[C@@]1(OCc2ccccc2F)CC(OCc2cccc(OC(F)(F)F)c2)[C@@H]2OC(C)(C)O[C@@H]2C1. The third kappa shape index (κ3) is 7.47. The van der Waals surface area contributed by atoms with Gasteiger partial charge in [0, 0.05) is 24.4 Å². The number of carbonyl (C=O) groups is 1. The predicted octanol–water partition coefficient (Wildman–Crippen LogP) is 5.40. The number of alkyl halides is 3. The first-order valence-electron chi connectivity index (χ1n) is 12.8. The van der Waals surface area contributed by atoms with E-state index in [0.717, 1.165) is 0 Å². The summed E-state index contributed by atoms with van der Waals surface area (Å²) in [5, 5.41) is 2.90. The molecule has 0 bridgehead atoms. The molecule has 1 saturated carbocycles. The minimum atomic E-state index is -4.82. The topological polar surface area (TPSA) is 75.3 Å². The molecule has 7 nitrogen and oxygen atoms in total. The Hall–Kier alpha value is -2.73. The lowest BCUT2D eigenvalue weighted by atomic mass is 9.78. The highest BCUT2D eigenvalue weighted by atomic mass is 19.4. The van der Waals surface area contributed by atoms with E-state index >= 15 is 0 Å². The molecule has 1 unspecified atom stereocenters. The molecule has 1 amide bonds. The van der Waals surface area contributed by atoms with Crippen molar-refractivity contribution in [1.29, 1.82) is 0 Å². The summed E-state index contributed by atoms with van der Waals surface area (Å²) < 4.78 is 81.1. The molecule has 1 heterocycles. The molecule has 0 aromatic heterocycles. The summed E-state index contributed by atoms with van der Waals surface area (Å²) in [7, 11) is 0. The van der Waals surface area contributed by atoms with E-state index < -0.39 is 47.8 Å². The van der Waals surface area contributed by atoms with Gasteiger partial charge >= 0.3 is 6.36 Å². The zero-order valence-electron chi connectivity index (χ0n) is 22.2. The second-order valence-electron chi connectivity index (χ2n) is 10.6. The molecular weight excluding hydrogens is 522 g/mol. The Morgan fingerprint density at radius 3 is 2.51 bits per heavy atom. The zero-order chi connectivity index (χ0) is 28.4. The molecule has 0 spiro atoms. The molecular formula is C28H33F4NO6. The van der Waals surface area contributed by atoms with Gasteiger partial charge < -0.3 is 29.0 Å². The summed E-state index contributed by atoms with van der Waals surface area (Å²) in [6, 6.07) is 11.4. The lowest BCUT2D eigenvalue weighted by Crippen LogP contribution is -2.60. The number of halogens is 4. The normalized spacial score (nSPS) is 26.3. The zero-order valence-corrected chi connectivity index (χ0v) is 22.2. The van der Waals surface area contributed by atoms with Crippen LogP contribution in [0.5, 0.6) is 5.75 Å². The third-order valence-corrected chi connectivity index (χ3v) is 6.54. The molecule has 1 aliphatic carbocycles. The number of hydrogen-bond donors (Lipinski definition) is 1. The number of amides is 1. The van der Waals surface area contributed by atoms with Crippen molar-refractivity contribution >= 4 is 5.91 Å². The van der Waals surface area contributed by atoms with E-state index in [-0.39, 0.29) is 37.8 Å². The average molecular weight is 556 g/mol. The summed E-state index contributed by atoms with van der Waals surface area (Å²) in [5.74, 6) is -2.19. The Kier molecular flexibility index (Phi) is 8.55. The van der Waals surface area contributed by atoms with Crippen LogP contribution >= 0.6 is 0 Å². The van der Waals surface area contributed by atoms with Gasteiger partial charge in [0.25, 0.3) is 5.91 Å². The molecule has 1 saturated heterocycles. The summed E-state index contributed by atoms with van der Waals surface area (Å²) >= 11 is 0. The number of benzene rings is 2. The Balaban J connectivity index is 1.59. The van der Waals surface area contributed by atoms with Crippen molar-refractivity contribution in [3.8, 4) is 5.75 Å². The first kappa shape index (κ1) is 29.3. The van der Waals surface area contributed by atoms with Gasteiger partial charge in [-0.3, -0.25) is 4.79 Å². The van der Waals surface area contributed by atoms with E-state index in [1.54, 1.807) is 38.1 Å². The Morgan fingerprint density at radius 1 is 1.08 bits per heavy atom. The van der Waals surface area contributed by atoms with Crippen molar-refractivity contribution in [3.05, 3.63) is 65.5 Å². The van der Waals surface area contributed by atoms with Crippen LogP contribution in [-0.4, -0.2) is 48.0 Å². The quantitative estimate of drug-likeness (QED) is 0.418. The molecule has 2 aromatic rings. The second-order valence-corrected chi connectivity index (χ2v) is 10.6. The molecule has 2 aliphatic rings. The lowest BCUT2D eigenvalue weighted by molar-refractivity contribution is -0.274. The maximum absolute atomic E-state index is 14.4. The van der Waals surface area contributed by atoms with Gasteiger partial charge in [-0.15, -0.1) is 13.2 Å². The molecule has 0 radical (unpaired) electrons. The number of ether oxygens (including phenoxy) is 5. The van der Waals surface area contributed by atoms with Crippen LogP contribution in [0.3, 0.4) is 0 Å². The van der Waals surface area contributed by atoms with E-state index in [0.29, 0.717) is 11.1 Å². The van der Waals surface area contributed by atoms with Gasteiger partial charge in [-0.2, -0.15) is 0 Å². The van der Waals surface area contributed by atoms with Gasteiger partial charge in [-0.1, -0.05) is 30.3 Å². The highest BCUT2D eigenvalue weighted by Crippen LogP contribution is 2.44. The molecule has 39 heavy (non-hydrogen) atoms. The van der Waals surface area contributed by atoms with Crippen LogP contribution in [0.25, 0.3) is 0 Å². The Bertz CT molecular complexity index is 1160. The molecule has 2 fully saturated rings. The van der Waals surface area contributed by atoms with Gasteiger partial charge in [0.1, 0.15) is 17.7 Å². The predicted molar refractivity (Wildman–Crippen MR) is 132 cm³/mol. The Morgan fingerprint density at radius 2 is 1.82 bits per heavy atom. The molecule has 4 rings (SSSR count). The molecule has 1 N–H and O–H groups in total. The number of nitrogens with one attached hydrogen (secondary N) is 1. The third-order valence-electron chi connectivity index (χ3n) is 6.54. The van der Waals surface area contributed by atoms with Crippen LogP contribution in [-0.2, 0) is 37.0 Å². The van der Waals surface area contributed by atoms with E-state index in [4.69, 9.17) is 18.9 Å². The number of fused-ring (bicyclic) bond motifs is 1. The lowest BCUT2D eigenvalue weighted by Gasteiger charge is -2.43. The van der Waals surface area contributed by atoms with Crippen LogP contribution in [0.2, 0.25) is 0 Å². The summed E-state index contributed by atoms with van der Waals surface area (Å²) in [5.41, 5.74) is -0.718. The standard InChI is InChI=1S/C28H33F4NO6/c1-17(2)33-25(34)27(36-16-19-9-5-6-11-21(19)29)13-22(24-23(14-27)38-26(3,4)39-24)35-15-18-8-7-10-20(12-18)37-28(30,31)32/h5-12,17,22-24H,13-16H2,1-4H3,(H,33,34)/t22?,23-,24+,27-/m1/s1. The van der Waals surface area contributed by atoms with Crippen LogP contribution in [0, 0.1) is 5.82 Å². The van der Waals surface area contributed by atoms with Gasteiger partial charge in [0.15, 0.2) is 11.4 Å². The van der Waals surface area contributed by atoms with Crippen LogP contribution in [0.15, 0.2) is 48.5 Å². The van der Waals surface area contributed by atoms with E-state index in [2.05, 4.69) is 10.1 Å². The van der Waals surface area contributed by atoms with Crippen molar-refractivity contribution in [3.63, 3.8) is 0 Å². The Labute approximate surface area is 224 Å². The number of hydrogen-bond acceptors (Lipinski definition) is 6. The van der Waals surface area contributed by atoms with Gasteiger partial charge in [0.2, 0.25) is 0 Å². The number of rotatable bonds is 9. The fourth-order valence-corrected chi connectivity index (χ4v) is 4.97.